The van der Waals surface area contributed by atoms with Crippen LogP contribution in [0.15, 0.2) is 46.9 Å². The monoisotopic (exact) mass is 285 g/mol. The van der Waals surface area contributed by atoms with Crippen LogP contribution in [0, 0.1) is 15.9 Å². The van der Waals surface area contributed by atoms with Crippen LogP contribution < -0.4 is 0 Å². The molecule has 0 amide bonds. The van der Waals surface area contributed by atoms with Gasteiger partial charge in [-0.3, -0.25) is 14.9 Å². The van der Waals surface area contributed by atoms with Gasteiger partial charge >= 0.3 is 0 Å². The summed E-state index contributed by atoms with van der Waals surface area (Å²) in [5.41, 5.74) is 0.925. The fourth-order valence-electron chi connectivity index (χ4n) is 2.15. The second-order valence-corrected chi connectivity index (χ2v) is 4.41. The van der Waals surface area contributed by atoms with Crippen molar-refractivity contribution in [3.63, 3.8) is 0 Å². The second kappa shape index (κ2) is 4.82. The molecule has 1 aromatic heterocycles. The highest BCUT2D eigenvalue weighted by Crippen LogP contribution is 2.34. The van der Waals surface area contributed by atoms with Crippen molar-refractivity contribution in [1.82, 2.24) is 0 Å². The van der Waals surface area contributed by atoms with Gasteiger partial charge < -0.3 is 4.42 Å². The summed E-state index contributed by atoms with van der Waals surface area (Å²) in [4.78, 5) is 21.5. The molecule has 0 saturated carbocycles. The smallest absolute Gasteiger partial charge is 0.273 e. The molecule has 0 aliphatic rings. The third-order valence-electron chi connectivity index (χ3n) is 3.15. The molecular formula is C15H8FNO4. The molecule has 0 bridgehead atoms. The molecule has 5 nitrogen and oxygen atoms in total. The zero-order chi connectivity index (χ0) is 15.0. The van der Waals surface area contributed by atoms with Crippen molar-refractivity contribution in [1.29, 1.82) is 0 Å². The summed E-state index contributed by atoms with van der Waals surface area (Å²) in [6.45, 7) is 0. The summed E-state index contributed by atoms with van der Waals surface area (Å²) in [6.07, 6.45) is 0.621. The van der Waals surface area contributed by atoms with Gasteiger partial charge in [0.15, 0.2) is 6.29 Å². The summed E-state index contributed by atoms with van der Waals surface area (Å²) in [7, 11) is 0. The van der Waals surface area contributed by atoms with Crippen LogP contribution in [0.25, 0.3) is 22.3 Å². The Morgan fingerprint density at radius 2 is 1.86 bits per heavy atom. The van der Waals surface area contributed by atoms with Gasteiger partial charge in [0.05, 0.1) is 16.6 Å². The minimum absolute atomic E-state index is 0.126. The molecule has 2 aromatic carbocycles. The molecule has 3 aromatic rings. The Morgan fingerprint density at radius 1 is 1.14 bits per heavy atom. The zero-order valence-corrected chi connectivity index (χ0v) is 10.6. The van der Waals surface area contributed by atoms with Gasteiger partial charge in [-0.15, -0.1) is 0 Å². The molecule has 0 atom stereocenters. The molecule has 0 fully saturated rings. The van der Waals surface area contributed by atoms with Crippen molar-refractivity contribution in [3.05, 3.63) is 64.0 Å². The van der Waals surface area contributed by atoms with Gasteiger partial charge in [0.1, 0.15) is 17.2 Å². The molecule has 0 saturated heterocycles. The molecule has 0 radical (unpaired) electrons. The Hall–Kier alpha value is -3.02. The third kappa shape index (κ3) is 2.16. The number of carbonyl (C=O) groups excluding carboxylic acids is 1. The number of benzene rings is 2. The lowest BCUT2D eigenvalue weighted by molar-refractivity contribution is -0.384. The topological polar surface area (TPSA) is 73.3 Å². The maximum Gasteiger partial charge on any atom is 0.273 e. The minimum atomic E-state index is -0.542. The van der Waals surface area contributed by atoms with Gasteiger partial charge in [0.2, 0.25) is 0 Å². The summed E-state index contributed by atoms with van der Waals surface area (Å²) in [5.74, 6) is -0.140. The molecule has 3 rings (SSSR count). The van der Waals surface area contributed by atoms with Crippen molar-refractivity contribution in [2.45, 2.75) is 0 Å². The maximum absolute atomic E-state index is 13.0. The van der Waals surface area contributed by atoms with Crippen molar-refractivity contribution < 1.29 is 18.5 Å². The van der Waals surface area contributed by atoms with Crippen LogP contribution in [-0.2, 0) is 0 Å². The van der Waals surface area contributed by atoms with Crippen molar-refractivity contribution in [3.8, 4) is 11.3 Å². The fourth-order valence-corrected chi connectivity index (χ4v) is 2.15. The largest absolute Gasteiger partial charge is 0.455 e. The first kappa shape index (κ1) is 13.0. The van der Waals surface area contributed by atoms with Crippen LogP contribution in [0.2, 0.25) is 0 Å². The van der Waals surface area contributed by atoms with Crippen molar-refractivity contribution in [2.75, 3.05) is 0 Å². The minimum Gasteiger partial charge on any atom is -0.455 e. The van der Waals surface area contributed by atoms with E-state index in [0.717, 1.165) is 0 Å². The van der Waals surface area contributed by atoms with Crippen LogP contribution in [0.4, 0.5) is 10.1 Å². The van der Waals surface area contributed by atoms with E-state index >= 15 is 0 Å². The summed E-state index contributed by atoms with van der Waals surface area (Å²) < 4.78 is 18.5. The van der Waals surface area contributed by atoms with E-state index in [9.17, 15) is 19.3 Å². The van der Waals surface area contributed by atoms with E-state index in [1.54, 1.807) is 0 Å². The quantitative estimate of drug-likeness (QED) is 0.415. The standard InChI is InChI=1S/C15H8FNO4/c16-10-3-1-9(2-4-10)15-13(8-18)12-6-5-11(17(19)20)7-14(12)21-15/h1-8H. The number of rotatable bonds is 3. The number of fused-ring (bicyclic) bond motifs is 1. The molecule has 21 heavy (non-hydrogen) atoms. The highest BCUT2D eigenvalue weighted by atomic mass is 19.1. The van der Waals surface area contributed by atoms with Crippen molar-refractivity contribution >= 4 is 22.9 Å². The van der Waals surface area contributed by atoms with Gasteiger partial charge in [0.25, 0.3) is 5.69 Å². The Balaban J connectivity index is 2.25. The van der Waals surface area contributed by atoms with E-state index in [4.69, 9.17) is 4.42 Å². The number of hydrogen-bond donors (Lipinski definition) is 0. The van der Waals surface area contributed by atoms with E-state index in [-0.39, 0.29) is 22.6 Å². The van der Waals surface area contributed by atoms with Crippen molar-refractivity contribution in [2.24, 2.45) is 0 Å². The number of furan rings is 1. The first-order valence-electron chi connectivity index (χ1n) is 6.02. The molecule has 0 N–H and O–H groups in total. The average Bonchev–Trinajstić information content (AvgIpc) is 2.85. The number of carbonyl (C=O) groups is 1. The molecule has 6 heteroatoms. The van der Waals surface area contributed by atoms with E-state index in [1.165, 1.54) is 42.5 Å². The SMILES string of the molecule is O=Cc1c(-c2ccc(F)cc2)oc2cc([N+](=O)[O-])ccc12. The first-order chi connectivity index (χ1) is 10.1. The molecule has 104 valence electrons. The Labute approximate surface area is 117 Å². The molecule has 0 spiro atoms. The average molecular weight is 285 g/mol. The van der Waals surface area contributed by atoms with Crippen LogP contribution in [-0.4, -0.2) is 11.2 Å². The van der Waals surface area contributed by atoms with Crippen LogP contribution >= 0.6 is 0 Å². The molecular weight excluding hydrogens is 277 g/mol. The molecule has 1 heterocycles. The summed E-state index contributed by atoms with van der Waals surface area (Å²) in [5, 5.41) is 11.2. The third-order valence-corrected chi connectivity index (χ3v) is 3.15. The zero-order valence-electron chi connectivity index (χ0n) is 10.6. The predicted molar refractivity (Wildman–Crippen MR) is 73.6 cm³/mol. The van der Waals surface area contributed by atoms with E-state index in [2.05, 4.69) is 0 Å². The summed E-state index contributed by atoms with van der Waals surface area (Å²) in [6, 6.07) is 9.49. The normalized spacial score (nSPS) is 10.7. The van der Waals surface area contributed by atoms with Gasteiger partial charge in [-0.25, -0.2) is 4.39 Å². The Morgan fingerprint density at radius 3 is 2.48 bits per heavy atom. The number of hydrogen-bond acceptors (Lipinski definition) is 4. The summed E-state index contributed by atoms with van der Waals surface area (Å²) >= 11 is 0. The number of nitro groups is 1. The van der Waals surface area contributed by atoms with Gasteiger partial charge in [-0.2, -0.15) is 0 Å². The van der Waals surface area contributed by atoms with E-state index in [0.29, 0.717) is 17.2 Å². The molecule has 0 unspecified atom stereocenters. The second-order valence-electron chi connectivity index (χ2n) is 4.41. The Kier molecular flexibility index (Phi) is 2.98. The fraction of sp³-hybridized carbons (Fsp3) is 0. The van der Waals surface area contributed by atoms with Crippen LogP contribution in [0.1, 0.15) is 10.4 Å². The predicted octanol–water partition coefficient (Wildman–Crippen LogP) is 3.96. The lowest BCUT2D eigenvalue weighted by Gasteiger charge is -1.97. The maximum atomic E-state index is 13.0. The highest BCUT2D eigenvalue weighted by Gasteiger charge is 2.18. The van der Waals surface area contributed by atoms with Crippen LogP contribution in [0.3, 0.4) is 0 Å². The number of aldehydes is 1. The van der Waals surface area contributed by atoms with Gasteiger partial charge in [0, 0.05) is 17.0 Å². The first-order valence-corrected chi connectivity index (χ1v) is 6.02. The van der Waals surface area contributed by atoms with E-state index < -0.39 is 10.7 Å². The lowest BCUT2D eigenvalue weighted by Crippen LogP contribution is -1.86. The lowest BCUT2D eigenvalue weighted by atomic mass is 10.1. The van der Waals surface area contributed by atoms with E-state index in [1.807, 2.05) is 0 Å². The Bertz CT molecular complexity index is 852. The van der Waals surface area contributed by atoms with Crippen LogP contribution in [0.5, 0.6) is 0 Å². The number of non-ortho nitro benzene ring substituents is 1. The molecule has 0 aliphatic heterocycles. The number of nitro benzene ring substituents is 1. The molecule has 0 aliphatic carbocycles. The van der Waals surface area contributed by atoms with Gasteiger partial charge in [-0.05, 0) is 30.3 Å². The highest BCUT2D eigenvalue weighted by molar-refractivity contribution is 6.03. The number of nitrogens with zero attached hydrogens (tertiary/aromatic N) is 1. The van der Waals surface area contributed by atoms with Gasteiger partial charge in [-0.1, -0.05) is 0 Å². The number of halogens is 1.